The number of nitrogens with one attached hydrogen (secondary N) is 1. The van der Waals surface area contributed by atoms with Crippen LogP contribution in [0.2, 0.25) is 0 Å². The van der Waals surface area contributed by atoms with E-state index in [0.717, 1.165) is 55.3 Å². The van der Waals surface area contributed by atoms with Crippen LogP contribution in [0.15, 0.2) is 35.9 Å². The lowest BCUT2D eigenvalue weighted by Gasteiger charge is -2.33. The minimum absolute atomic E-state index is 0.0295. The topological polar surface area (TPSA) is 44.5 Å². The van der Waals surface area contributed by atoms with Gasteiger partial charge in [-0.3, -0.25) is 0 Å². The van der Waals surface area contributed by atoms with Gasteiger partial charge in [0.1, 0.15) is 11.5 Å². The Hall–Kier alpha value is -1.85. The first kappa shape index (κ1) is 26.7. The molecule has 2 unspecified atom stereocenters. The van der Waals surface area contributed by atoms with Crippen LogP contribution in [0.1, 0.15) is 90.2 Å². The normalized spacial score (nSPS) is 24.4. The molecule has 4 nitrogen and oxygen atoms in total. The highest BCUT2D eigenvalue weighted by atomic mass is 32.1. The number of phenols is 1. The van der Waals surface area contributed by atoms with E-state index in [2.05, 4.69) is 70.6 Å². The van der Waals surface area contributed by atoms with Gasteiger partial charge < -0.3 is 20.1 Å². The van der Waals surface area contributed by atoms with Crippen LogP contribution in [-0.4, -0.2) is 40.4 Å². The monoisotopic (exact) mass is 484 g/mol. The van der Waals surface area contributed by atoms with Crippen LogP contribution >= 0.6 is 12.2 Å². The summed E-state index contributed by atoms with van der Waals surface area (Å²) in [6.45, 7) is 16.2. The zero-order valence-corrected chi connectivity index (χ0v) is 22.9. The highest BCUT2D eigenvalue weighted by Crippen LogP contribution is 2.47. The fourth-order valence-electron chi connectivity index (χ4n) is 5.26. The van der Waals surface area contributed by atoms with E-state index in [0.29, 0.717) is 22.7 Å². The van der Waals surface area contributed by atoms with Crippen molar-refractivity contribution >= 4 is 17.4 Å². The van der Waals surface area contributed by atoms with Crippen molar-refractivity contribution in [2.24, 2.45) is 5.92 Å². The molecule has 0 radical (unpaired) electrons. The number of unbranched alkanes of at least 4 members (excludes halogenated alkanes) is 2. The van der Waals surface area contributed by atoms with Gasteiger partial charge in [0, 0.05) is 29.6 Å². The first-order chi connectivity index (χ1) is 16.0. The second kappa shape index (κ2) is 11.3. The Labute approximate surface area is 212 Å². The lowest BCUT2D eigenvalue weighted by Crippen LogP contribution is -2.46. The SMILES string of the molecule is C=C(C)[C@@H]1CCC(C)=C[C@H]1c1c(O)cc(CCCCC)cc1OC(=S)NC(C)(C)CC1CN1C. The number of allylic oxidation sites excluding steroid dienone is 3. The van der Waals surface area contributed by atoms with Gasteiger partial charge >= 0.3 is 0 Å². The molecule has 4 atom stereocenters. The van der Waals surface area contributed by atoms with Gasteiger partial charge in [0.05, 0.1) is 0 Å². The fraction of sp³-hybridized carbons (Fsp3) is 0.621. The molecule has 0 spiro atoms. The zero-order valence-electron chi connectivity index (χ0n) is 22.0. The van der Waals surface area contributed by atoms with Crippen LogP contribution in [-0.2, 0) is 6.42 Å². The standard InChI is InChI=1S/C29H44N2O2S/c1-8-9-10-11-21-15-25(32)27(24-14-20(4)12-13-23(24)19(2)3)26(16-21)33-28(34)30-29(5,6)17-22-18-31(22)7/h14-16,22-24,32H,2,8-13,17-18H2,1,3-7H3,(H,30,34)/t22?,23-,24+,31?/m0/s1. The van der Waals surface area contributed by atoms with Crippen molar-refractivity contribution in [1.82, 2.24) is 10.2 Å². The van der Waals surface area contributed by atoms with Gasteiger partial charge in [-0.15, -0.1) is 0 Å². The molecule has 5 heteroatoms. The Morgan fingerprint density at radius 2 is 2.03 bits per heavy atom. The van der Waals surface area contributed by atoms with E-state index in [1.54, 1.807) is 0 Å². The van der Waals surface area contributed by atoms with Crippen molar-refractivity contribution in [2.45, 2.75) is 97.1 Å². The van der Waals surface area contributed by atoms with Crippen molar-refractivity contribution in [3.63, 3.8) is 0 Å². The minimum Gasteiger partial charge on any atom is -0.507 e. The summed E-state index contributed by atoms with van der Waals surface area (Å²) in [4.78, 5) is 2.33. The maximum atomic E-state index is 11.3. The molecule has 2 aliphatic rings. The van der Waals surface area contributed by atoms with E-state index in [4.69, 9.17) is 17.0 Å². The summed E-state index contributed by atoms with van der Waals surface area (Å²) in [5.41, 5.74) is 4.23. The number of thiocarbonyl (C=S) groups is 1. The summed E-state index contributed by atoms with van der Waals surface area (Å²) in [7, 11) is 2.15. The lowest BCUT2D eigenvalue weighted by atomic mass is 9.73. The van der Waals surface area contributed by atoms with Gasteiger partial charge in [-0.2, -0.15) is 0 Å². The van der Waals surface area contributed by atoms with Gasteiger partial charge in [0.25, 0.3) is 5.17 Å². The quantitative estimate of drug-likeness (QED) is 0.164. The number of ether oxygens (including phenoxy) is 1. The van der Waals surface area contributed by atoms with Crippen LogP contribution in [0.4, 0.5) is 0 Å². The van der Waals surface area contributed by atoms with Gasteiger partial charge in [-0.25, -0.2) is 0 Å². The summed E-state index contributed by atoms with van der Waals surface area (Å²) in [6.07, 6.45) is 9.73. The molecule has 1 aromatic carbocycles. The number of nitrogens with zero attached hydrogens (tertiary/aromatic N) is 1. The van der Waals surface area contributed by atoms with Crippen LogP contribution in [0, 0.1) is 5.92 Å². The van der Waals surface area contributed by atoms with E-state index < -0.39 is 0 Å². The Morgan fingerprint density at radius 1 is 1.32 bits per heavy atom. The number of hydrogen-bond donors (Lipinski definition) is 2. The maximum Gasteiger partial charge on any atom is 0.262 e. The third-order valence-electron chi connectivity index (χ3n) is 7.34. The molecule has 2 N–H and O–H groups in total. The van der Waals surface area contributed by atoms with Crippen molar-refractivity contribution < 1.29 is 9.84 Å². The first-order valence-corrected chi connectivity index (χ1v) is 13.3. The Bertz CT molecular complexity index is 936. The lowest BCUT2D eigenvalue weighted by molar-refractivity contribution is 0.369. The maximum absolute atomic E-state index is 11.3. The van der Waals surface area contributed by atoms with Gasteiger partial charge in [0.2, 0.25) is 0 Å². The van der Waals surface area contributed by atoms with Crippen molar-refractivity contribution in [3.05, 3.63) is 47.1 Å². The van der Waals surface area contributed by atoms with E-state index in [1.807, 2.05) is 6.07 Å². The zero-order chi connectivity index (χ0) is 25.0. The summed E-state index contributed by atoms with van der Waals surface area (Å²) >= 11 is 5.68. The second-order valence-corrected chi connectivity index (χ2v) is 11.6. The number of aryl methyl sites for hydroxylation is 1. The second-order valence-electron chi connectivity index (χ2n) is 11.2. The van der Waals surface area contributed by atoms with Gasteiger partial charge in [-0.05, 0) is 103 Å². The summed E-state index contributed by atoms with van der Waals surface area (Å²) in [5.74, 6) is 1.27. The third kappa shape index (κ3) is 7.08. The number of rotatable bonds is 10. The molecule has 0 bridgehead atoms. The Balaban J connectivity index is 1.91. The molecule has 0 amide bonds. The molecule has 188 valence electrons. The summed E-state index contributed by atoms with van der Waals surface area (Å²) in [6, 6.07) is 4.61. The van der Waals surface area contributed by atoms with E-state index in [9.17, 15) is 5.11 Å². The molecular formula is C29H44N2O2S. The van der Waals surface area contributed by atoms with Gasteiger partial charge in [-0.1, -0.05) is 43.6 Å². The fourth-order valence-corrected chi connectivity index (χ4v) is 5.63. The van der Waals surface area contributed by atoms with E-state index >= 15 is 0 Å². The molecule has 1 fully saturated rings. The summed E-state index contributed by atoms with van der Waals surface area (Å²) in [5, 5.41) is 15.1. The molecule has 3 rings (SSSR count). The number of likely N-dealkylation sites (N-methyl/N-ethyl adjacent to an activating group) is 1. The van der Waals surface area contributed by atoms with Gasteiger partial charge in [0.15, 0.2) is 0 Å². The smallest absolute Gasteiger partial charge is 0.262 e. The predicted molar refractivity (Wildman–Crippen MR) is 147 cm³/mol. The minimum atomic E-state index is -0.172. The molecule has 1 aliphatic heterocycles. The van der Waals surface area contributed by atoms with Crippen LogP contribution in [0.5, 0.6) is 11.5 Å². The molecule has 1 aromatic rings. The Kier molecular flexibility index (Phi) is 8.86. The van der Waals surface area contributed by atoms with Crippen LogP contribution in [0.25, 0.3) is 0 Å². The molecule has 34 heavy (non-hydrogen) atoms. The highest BCUT2D eigenvalue weighted by Gasteiger charge is 2.36. The third-order valence-corrected chi connectivity index (χ3v) is 7.53. The van der Waals surface area contributed by atoms with Crippen LogP contribution in [0.3, 0.4) is 0 Å². The predicted octanol–water partition coefficient (Wildman–Crippen LogP) is 6.88. The molecule has 1 saturated heterocycles. The van der Waals surface area contributed by atoms with E-state index in [1.165, 1.54) is 18.4 Å². The first-order valence-electron chi connectivity index (χ1n) is 12.9. The number of benzene rings is 1. The molecule has 0 aromatic heterocycles. The number of hydrogen-bond acceptors (Lipinski definition) is 4. The Morgan fingerprint density at radius 3 is 2.65 bits per heavy atom. The van der Waals surface area contributed by atoms with Crippen molar-refractivity contribution in [3.8, 4) is 11.5 Å². The molecule has 1 heterocycles. The average molecular weight is 485 g/mol. The van der Waals surface area contributed by atoms with E-state index in [-0.39, 0.29) is 17.4 Å². The number of phenolic OH excluding ortho intramolecular Hbond substituents is 1. The average Bonchev–Trinajstić information content (AvgIpc) is 3.40. The largest absolute Gasteiger partial charge is 0.507 e. The highest BCUT2D eigenvalue weighted by molar-refractivity contribution is 7.80. The van der Waals surface area contributed by atoms with Crippen molar-refractivity contribution in [1.29, 1.82) is 0 Å². The van der Waals surface area contributed by atoms with Crippen LogP contribution < -0.4 is 10.1 Å². The molecule has 1 aliphatic carbocycles. The molecular weight excluding hydrogens is 440 g/mol. The summed E-state index contributed by atoms with van der Waals surface area (Å²) < 4.78 is 6.34. The van der Waals surface area contributed by atoms with Crippen molar-refractivity contribution in [2.75, 3.05) is 13.6 Å². The number of aromatic hydroxyl groups is 1. The molecule has 0 saturated carbocycles.